The van der Waals surface area contributed by atoms with Crippen molar-refractivity contribution in [1.29, 1.82) is 0 Å². The number of anilines is 1. The minimum atomic E-state index is -0.247. The number of benzene rings is 1. The second-order valence-electron chi connectivity index (χ2n) is 5.63. The predicted octanol–water partition coefficient (Wildman–Crippen LogP) is 3.43. The minimum Gasteiger partial charge on any atom is -0.338 e. The van der Waals surface area contributed by atoms with Crippen LogP contribution in [0.15, 0.2) is 36.5 Å². The third-order valence-corrected chi connectivity index (χ3v) is 4.01. The summed E-state index contributed by atoms with van der Waals surface area (Å²) >= 11 is 0. The molecule has 0 saturated heterocycles. The van der Waals surface area contributed by atoms with Crippen molar-refractivity contribution in [2.45, 2.75) is 27.7 Å². The van der Waals surface area contributed by atoms with E-state index in [1.54, 1.807) is 17.0 Å². The van der Waals surface area contributed by atoms with Gasteiger partial charge in [0.05, 0.1) is 0 Å². The van der Waals surface area contributed by atoms with Crippen LogP contribution in [-0.4, -0.2) is 34.8 Å². The van der Waals surface area contributed by atoms with Gasteiger partial charge in [0.15, 0.2) is 0 Å². The molecule has 0 fully saturated rings. The van der Waals surface area contributed by atoms with Gasteiger partial charge in [0.1, 0.15) is 5.69 Å². The van der Waals surface area contributed by atoms with Crippen LogP contribution in [0.2, 0.25) is 0 Å². The maximum absolute atomic E-state index is 12.5. The number of pyridine rings is 1. The lowest BCUT2D eigenvalue weighted by Crippen LogP contribution is -2.31. The zero-order valence-corrected chi connectivity index (χ0v) is 14.6. The standard InChI is InChI=1S/C19H23N3O2/c1-5-22(6-2)19(24)16-12-15(10-11-20-16)18(23)21-17-13(3)8-7-9-14(17)4/h7-12H,5-6H2,1-4H3,(H,21,23). The van der Waals surface area contributed by atoms with Crippen molar-refractivity contribution in [3.8, 4) is 0 Å². The molecule has 24 heavy (non-hydrogen) atoms. The lowest BCUT2D eigenvalue weighted by molar-refractivity contribution is 0.0767. The van der Waals surface area contributed by atoms with E-state index >= 15 is 0 Å². The largest absolute Gasteiger partial charge is 0.338 e. The smallest absolute Gasteiger partial charge is 0.272 e. The van der Waals surface area contributed by atoms with Crippen molar-refractivity contribution in [3.63, 3.8) is 0 Å². The van der Waals surface area contributed by atoms with E-state index in [1.165, 1.54) is 6.20 Å². The third-order valence-electron chi connectivity index (χ3n) is 4.01. The first kappa shape index (κ1) is 17.7. The number of carbonyl (C=O) groups is 2. The zero-order valence-electron chi connectivity index (χ0n) is 14.6. The Kier molecular flexibility index (Phi) is 5.68. The second kappa shape index (κ2) is 7.73. The minimum absolute atomic E-state index is 0.165. The second-order valence-corrected chi connectivity index (χ2v) is 5.63. The number of nitrogens with zero attached hydrogens (tertiary/aromatic N) is 2. The fourth-order valence-electron chi connectivity index (χ4n) is 2.56. The number of hydrogen-bond donors (Lipinski definition) is 1. The molecular weight excluding hydrogens is 302 g/mol. The number of amides is 2. The first-order valence-electron chi connectivity index (χ1n) is 8.10. The molecule has 1 heterocycles. The van der Waals surface area contributed by atoms with Crippen molar-refractivity contribution < 1.29 is 9.59 Å². The van der Waals surface area contributed by atoms with Gasteiger partial charge in [-0.15, -0.1) is 0 Å². The summed E-state index contributed by atoms with van der Waals surface area (Å²) in [7, 11) is 0. The van der Waals surface area contributed by atoms with Crippen LogP contribution in [0.5, 0.6) is 0 Å². The van der Waals surface area contributed by atoms with Gasteiger partial charge >= 0.3 is 0 Å². The van der Waals surface area contributed by atoms with Crippen molar-refractivity contribution in [1.82, 2.24) is 9.88 Å². The average Bonchev–Trinajstić information content (AvgIpc) is 2.59. The molecule has 1 N–H and O–H groups in total. The summed E-state index contributed by atoms with van der Waals surface area (Å²) in [5, 5.41) is 2.93. The number of aryl methyl sites for hydroxylation is 2. The molecule has 1 aromatic heterocycles. The fourth-order valence-corrected chi connectivity index (χ4v) is 2.56. The van der Waals surface area contributed by atoms with Crippen molar-refractivity contribution in [2.75, 3.05) is 18.4 Å². The van der Waals surface area contributed by atoms with Gasteiger partial charge in [0, 0.05) is 30.5 Å². The van der Waals surface area contributed by atoms with Crippen molar-refractivity contribution >= 4 is 17.5 Å². The number of para-hydroxylation sites is 1. The highest BCUT2D eigenvalue weighted by atomic mass is 16.2. The van der Waals surface area contributed by atoms with E-state index in [0.29, 0.717) is 18.7 Å². The third kappa shape index (κ3) is 3.79. The van der Waals surface area contributed by atoms with Crippen LogP contribution in [0.25, 0.3) is 0 Å². The van der Waals surface area contributed by atoms with E-state index in [2.05, 4.69) is 10.3 Å². The van der Waals surface area contributed by atoms with E-state index in [4.69, 9.17) is 0 Å². The lowest BCUT2D eigenvalue weighted by atomic mass is 10.1. The molecule has 5 heteroatoms. The van der Waals surface area contributed by atoms with E-state index in [9.17, 15) is 9.59 Å². The first-order chi connectivity index (χ1) is 11.5. The van der Waals surface area contributed by atoms with Gasteiger partial charge in [-0.05, 0) is 51.0 Å². The van der Waals surface area contributed by atoms with Crippen LogP contribution in [0, 0.1) is 13.8 Å². The molecule has 0 bridgehead atoms. The molecule has 0 saturated carbocycles. The monoisotopic (exact) mass is 325 g/mol. The molecule has 5 nitrogen and oxygen atoms in total. The Morgan fingerprint density at radius 2 is 1.71 bits per heavy atom. The number of nitrogens with one attached hydrogen (secondary N) is 1. The summed E-state index contributed by atoms with van der Waals surface area (Å²) in [4.78, 5) is 30.7. The van der Waals surface area contributed by atoms with Crippen LogP contribution in [-0.2, 0) is 0 Å². The Balaban J connectivity index is 2.25. The molecule has 1 aromatic carbocycles. The molecule has 0 aliphatic rings. The van der Waals surface area contributed by atoms with Gasteiger partial charge in [0.2, 0.25) is 0 Å². The zero-order chi connectivity index (χ0) is 17.7. The van der Waals surface area contributed by atoms with Gasteiger partial charge in [-0.1, -0.05) is 18.2 Å². The average molecular weight is 325 g/mol. The Morgan fingerprint density at radius 3 is 2.29 bits per heavy atom. The Labute approximate surface area is 142 Å². The Hall–Kier alpha value is -2.69. The Bertz CT molecular complexity index is 732. The summed E-state index contributed by atoms with van der Waals surface area (Å²) < 4.78 is 0. The molecule has 0 atom stereocenters. The summed E-state index contributed by atoms with van der Waals surface area (Å²) in [6.07, 6.45) is 1.50. The molecule has 126 valence electrons. The van der Waals surface area contributed by atoms with E-state index in [-0.39, 0.29) is 17.5 Å². The van der Waals surface area contributed by atoms with Crippen LogP contribution >= 0.6 is 0 Å². The van der Waals surface area contributed by atoms with E-state index in [0.717, 1.165) is 16.8 Å². The van der Waals surface area contributed by atoms with Crippen molar-refractivity contribution in [2.24, 2.45) is 0 Å². The van der Waals surface area contributed by atoms with E-state index in [1.807, 2.05) is 45.9 Å². The van der Waals surface area contributed by atoms with Crippen LogP contribution in [0.1, 0.15) is 45.8 Å². The molecule has 2 rings (SSSR count). The highest BCUT2D eigenvalue weighted by Gasteiger charge is 2.16. The number of hydrogen-bond acceptors (Lipinski definition) is 3. The molecule has 2 amide bonds. The van der Waals surface area contributed by atoms with Crippen LogP contribution < -0.4 is 5.32 Å². The molecule has 0 unspecified atom stereocenters. The molecule has 0 aliphatic carbocycles. The highest BCUT2D eigenvalue weighted by molar-refractivity contribution is 6.06. The van der Waals surface area contributed by atoms with Crippen LogP contribution in [0.3, 0.4) is 0 Å². The van der Waals surface area contributed by atoms with E-state index < -0.39 is 0 Å². The topological polar surface area (TPSA) is 62.3 Å². The van der Waals surface area contributed by atoms with Gasteiger partial charge in [-0.25, -0.2) is 0 Å². The summed E-state index contributed by atoms with van der Waals surface area (Å²) in [5.74, 6) is -0.412. The summed E-state index contributed by atoms with van der Waals surface area (Å²) in [5.41, 5.74) is 3.50. The van der Waals surface area contributed by atoms with Gasteiger partial charge in [-0.3, -0.25) is 14.6 Å². The highest BCUT2D eigenvalue weighted by Crippen LogP contribution is 2.20. The van der Waals surface area contributed by atoms with Gasteiger partial charge in [0.25, 0.3) is 11.8 Å². The maximum atomic E-state index is 12.5. The molecule has 0 radical (unpaired) electrons. The summed E-state index contributed by atoms with van der Waals surface area (Å²) in [6.45, 7) is 8.94. The Morgan fingerprint density at radius 1 is 1.08 bits per heavy atom. The maximum Gasteiger partial charge on any atom is 0.272 e. The van der Waals surface area contributed by atoms with Gasteiger partial charge in [-0.2, -0.15) is 0 Å². The van der Waals surface area contributed by atoms with Gasteiger partial charge < -0.3 is 10.2 Å². The molecule has 0 aliphatic heterocycles. The number of carbonyl (C=O) groups excluding carboxylic acids is 2. The molecule has 2 aromatic rings. The summed E-state index contributed by atoms with van der Waals surface area (Å²) in [6, 6.07) is 9.01. The SMILES string of the molecule is CCN(CC)C(=O)c1cc(C(=O)Nc2c(C)cccc2C)ccn1. The molecule has 0 spiro atoms. The first-order valence-corrected chi connectivity index (χ1v) is 8.10. The molecular formula is C19H23N3O2. The number of aromatic nitrogens is 1. The predicted molar refractivity (Wildman–Crippen MR) is 95.4 cm³/mol. The normalized spacial score (nSPS) is 10.3. The fraction of sp³-hybridized carbons (Fsp3) is 0.316. The lowest BCUT2D eigenvalue weighted by Gasteiger charge is -2.18. The van der Waals surface area contributed by atoms with Crippen molar-refractivity contribution in [3.05, 3.63) is 58.9 Å². The number of rotatable bonds is 5. The quantitative estimate of drug-likeness (QED) is 0.916. The van der Waals surface area contributed by atoms with Crippen LogP contribution in [0.4, 0.5) is 5.69 Å².